The van der Waals surface area contributed by atoms with Gasteiger partial charge in [-0.25, -0.2) is 0 Å². The van der Waals surface area contributed by atoms with Crippen molar-refractivity contribution in [2.45, 2.75) is 26.2 Å². The average molecular weight is 387 g/mol. The standard InChI is InChI=1S/C24H25N3O2/c1-17-15-22(20-9-5-6-10-21(20)25-17)26-23(28)24(29)27-13-11-19(12-14-27)16-18-7-3-2-4-8-18/h2-10,15,19H,11-14,16H2,1H3,(H,25,26,28). The van der Waals surface area contributed by atoms with Crippen molar-refractivity contribution in [2.24, 2.45) is 5.92 Å². The molecule has 29 heavy (non-hydrogen) atoms. The zero-order valence-electron chi connectivity index (χ0n) is 16.6. The van der Waals surface area contributed by atoms with Gasteiger partial charge in [0, 0.05) is 24.2 Å². The number of para-hydroxylation sites is 1. The summed E-state index contributed by atoms with van der Waals surface area (Å²) >= 11 is 0. The molecule has 0 aliphatic carbocycles. The average Bonchev–Trinajstić information content (AvgIpc) is 2.74. The van der Waals surface area contributed by atoms with Crippen LogP contribution in [-0.4, -0.2) is 34.8 Å². The van der Waals surface area contributed by atoms with E-state index in [2.05, 4.69) is 34.6 Å². The fourth-order valence-corrected chi connectivity index (χ4v) is 4.02. The molecule has 0 saturated carbocycles. The molecule has 2 amide bonds. The van der Waals surface area contributed by atoms with Crippen LogP contribution < -0.4 is 5.32 Å². The maximum absolute atomic E-state index is 12.7. The molecule has 0 unspecified atom stereocenters. The van der Waals surface area contributed by atoms with Crippen LogP contribution in [0.25, 0.3) is 10.9 Å². The molecule has 1 N–H and O–H groups in total. The van der Waals surface area contributed by atoms with Gasteiger partial charge < -0.3 is 10.2 Å². The summed E-state index contributed by atoms with van der Waals surface area (Å²) in [6, 6.07) is 19.8. The molecule has 2 aromatic carbocycles. The number of carbonyl (C=O) groups is 2. The van der Waals surface area contributed by atoms with Crippen molar-refractivity contribution in [3.63, 3.8) is 0 Å². The lowest BCUT2D eigenvalue weighted by Crippen LogP contribution is -2.44. The molecule has 1 aliphatic rings. The summed E-state index contributed by atoms with van der Waals surface area (Å²) in [5, 5.41) is 3.64. The molecular weight excluding hydrogens is 362 g/mol. The normalized spacial score (nSPS) is 14.7. The molecule has 0 atom stereocenters. The Labute approximate surface area is 170 Å². The van der Waals surface area contributed by atoms with Gasteiger partial charge in [-0.15, -0.1) is 0 Å². The maximum atomic E-state index is 12.7. The number of piperidine rings is 1. The van der Waals surface area contributed by atoms with Crippen LogP contribution in [0, 0.1) is 12.8 Å². The van der Waals surface area contributed by atoms with Crippen LogP contribution in [-0.2, 0) is 16.0 Å². The van der Waals surface area contributed by atoms with Gasteiger partial charge in [0.15, 0.2) is 0 Å². The minimum absolute atomic E-state index is 0.457. The zero-order valence-corrected chi connectivity index (χ0v) is 16.6. The number of likely N-dealkylation sites (tertiary alicyclic amines) is 1. The van der Waals surface area contributed by atoms with Gasteiger partial charge in [-0.3, -0.25) is 14.6 Å². The van der Waals surface area contributed by atoms with Gasteiger partial charge in [-0.05, 0) is 49.8 Å². The number of amides is 2. The largest absolute Gasteiger partial charge is 0.334 e. The van der Waals surface area contributed by atoms with E-state index in [1.807, 2.05) is 37.3 Å². The first-order valence-corrected chi connectivity index (χ1v) is 10.1. The highest BCUT2D eigenvalue weighted by molar-refractivity contribution is 6.40. The van der Waals surface area contributed by atoms with Crippen molar-refractivity contribution in [1.82, 2.24) is 9.88 Å². The molecule has 5 heteroatoms. The zero-order chi connectivity index (χ0) is 20.2. The molecule has 1 saturated heterocycles. The van der Waals surface area contributed by atoms with Crippen molar-refractivity contribution in [3.05, 3.63) is 71.9 Å². The summed E-state index contributed by atoms with van der Waals surface area (Å²) in [7, 11) is 0. The molecule has 0 radical (unpaired) electrons. The van der Waals surface area contributed by atoms with Crippen LogP contribution in [0.4, 0.5) is 5.69 Å². The quantitative estimate of drug-likeness (QED) is 0.692. The predicted molar refractivity (Wildman–Crippen MR) is 115 cm³/mol. The third-order valence-electron chi connectivity index (χ3n) is 5.56. The van der Waals surface area contributed by atoms with Gasteiger partial charge in [0.05, 0.1) is 11.2 Å². The molecule has 1 fully saturated rings. The third kappa shape index (κ3) is 4.45. The number of nitrogens with zero attached hydrogens (tertiary/aromatic N) is 2. The smallest absolute Gasteiger partial charge is 0.313 e. The Morgan fingerprint density at radius 1 is 1.03 bits per heavy atom. The molecule has 0 spiro atoms. The molecule has 4 rings (SSSR count). The maximum Gasteiger partial charge on any atom is 0.313 e. The SMILES string of the molecule is Cc1cc(NC(=O)C(=O)N2CCC(Cc3ccccc3)CC2)c2ccccc2n1. The number of hydrogen-bond donors (Lipinski definition) is 1. The first-order valence-electron chi connectivity index (χ1n) is 10.1. The summed E-state index contributed by atoms with van der Waals surface area (Å²) in [6.45, 7) is 3.13. The monoisotopic (exact) mass is 387 g/mol. The summed E-state index contributed by atoms with van der Waals surface area (Å²) in [6.07, 6.45) is 2.87. The van der Waals surface area contributed by atoms with E-state index in [1.54, 1.807) is 11.0 Å². The van der Waals surface area contributed by atoms with Gasteiger partial charge in [0.25, 0.3) is 0 Å². The Hall–Kier alpha value is -3.21. The van der Waals surface area contributed by atoms with Crippen molar-refractivity contribution in [3.8, 4) is 0 Å². The van der Waals surface area contributed by atoms with Gasteiger partial charge in [0.2, 0.25) is 0 Å². The number of fused-ring (bicyclic) bond motifs is 1. The van der Waals surface area contributed by atoms with E-state index in [4.69, 9.17) is 0 Å². The molecule has 1 aromatic heterocycles. The molecule has 148 valence electrons. The van der Waals surface area contributed by atoms with Crippen LogP contribution in [0.5, 0.6) is 0 Å². The highest BCUT2D eigenvalue weighted by atomic mass is 16.2. The van der Waals surface area contributed by atoms with E-state index in [0.29, 0.717) is 24.7 Å². The van der Waals surface area contributed by atoms with E-state index in [1.165, 1.54) is 5.56 Å². The Morgan fingerprint density at radius 2 is 1.72 bits per heavy atom. The van der Waals surface area contributed by atoms with Gasteiger partial charge >= 0.3 is 11.8 Å². The van der Waals surface area contributed by atoms with E-state index >= 15 is 0 Å². The van der Waals surface area contributed by atoms with Crippen LogP contribution >= 0.6 is 0 Å². The van der Waals surface area contributed by atoms with Gasteiger partial charge in [-0.2, -0.15) is 0 Å². The van der Waals surface area contributed by atoms with Crippen molar-refractivity contribution >= 4 is 28.4 Å². The van der Waals surface area contributed by atoms with E-state index in [0.717, 1.165) is 35.9 Å². The van der Waals surface area contributed by atoms with Crippen LogP contribution in [0.15, 0.2) is 60.7 Å². The first-order chi connectivity index (χ1) is 14.1. The van der Waals surface area contributed by atoms with Crippen molar-refractivity contribution < 1.29 is 9.59 Å². The molecule has 1 aliphatic heterocycles. The predicted octanol–water partition coefficient (Wildman–Crippen LogP) is 3.96. The summed E-state index contributed by atoms with van der Waals surface area (Å²) in [4.78, 5) is 31.5. The minimum atomic E-state index is -0.581. The number of nitrogens with one attached hydrogen (secondary N) is 1. The highest BCUT2D eigenvalue weighted by Gasteiger charge is 2.27. The van der Waals surface area contributed by atoms with Crippen LogP contribution in [0.1, 0.15) is 24.1 Å². The summed E-state index contributed by atoms with van der Waals surface area (Å²) in [5.74, 6) is -0.486. The number of hydrogen-bond acceptors (Lipinski definition) is 3. The van der Waals surface area contributed by atoms with Crippen LogP contribution in [0.3, 0.4) is 0 Å². The number of benzene rings is 2. The Morgan fingerprint density at radius 3 is 2.48 bits per heavy atom. The van der Waals surface area contributed by atoms with Gasteiger partial charge in [-0.1, -0.05) is 48.5 Å². The number of aryl methyl sites for hydroxylation is 1. The Balaban J connectivity index is 1.38. The fraction of sp³-hybridized carbons (Fsp3) is 0.292. The highest BCUT2D eigenvalue weighted by Crippen LogP contribution is 2.24. The lowest BCUT2D eigenvalue weighted by molar-refractivity contribution is -0.144. The number of rotatable bonds is 3. The Kier molecular flexibility index (Phi) is 5.56. The molecular formula is C24H25N3O2. The second-order valence-electron chi connectivity index (χ2n) is 7.71. The lowest BCUT2D eigenvalue weighted by atomic mass is 9.90. The van der Waals surface area contributed by atoms with E-state index in [-0.39, 0.29) is 0 Å². The number of aromatic nitrogens is 1. The number of anilines is 1. The summed E-state index contributed by atoms with van der Waals surface area (Å²) < 4.78 is 0. The molecule has 0 bridgehead atoms. The van der Waals surface area contributed by atoms with Crippen molar-refractivity contribution in [2.75, 3.05) is 18.4 Å². The molecule has 2 heterocycles. The molecule has 5 nitrogen and oxygen atoms in total. The van der Waals surface area contributed by atoms with Crippen LogP contribution in [0.2, 0.25) is 0 Å². The van der Waals surface area contributed by atoms with Crippen molar-refractivity contribution in [1.29, 1.82) is 0 Å². The molecule has 3 aromatic rings. The summed E-state index contributed by atoms with van der Waals surface area (Å²) in [5.41, 5.74) is 3.56. The third-order valence-corrected chi connectivity index (χ3v) is 5.56. The number of pyridine rings is 1. The second kappa shape index (κ2) is 8.43. The lowest BCUT2D eigenvalue weighted by Gasteiger charge is -2.31. The number of carbonyl (C=O) groups excluding carboxylic acids is 2. The first kappa shape index (κ1) is 19.1. The topological polar surface area (TPSA) is 62.3 Å². The fourth-order valence-electron chi connectivity index (χ4n) is 4.02. The van der Waals surface area contributed by atoms with E-state index in [9.17, 15) is 9.59 Å². The minimum Gasteiger partial charge on any atom is -0.334 e. The van der Waals surface area contributed by atoms with Gasteiger partial charge in [0.1, 0.15) is 0 Å². The Bertz CT molecular complexity index is 1020. The second-order valence-corrected chi connectivity index (χ2v) is 7.71. The van der Waals surface area contributed by atoms with E-state index < -0.39 is 11.8 Å².